The highest BCUT2D eigenvalue weighted by atomic mass is 35.5. The van der Waals surface area contributed by atoms with E-state index >= 15 is 0 Å². The summed E-state index contributed by atoms with van der Waals surface area (Å²) in [7, 11) is 0. The smallest absolute Gasteiger partial charge is 0.344 e. The van der Waals surface area contributed by atoms with Gasteiger partial charge in [-0.25, -0.2) is 4.79 Å². The Morgan fingerprint density at radius 1 is 1.00 bits per heavy atom. The number of benzene rings is 2. The van der Waals surface area contributed by atoms with Gasteiger partial charge in [0.2, 0.25) is 0 Å². The Hall–Kier alpha value is -2.24. The van der Waals surface area contributed by atoms with Crippen LogP contribution in [0.4, 0.5) is 0 Å². The zero-order chi connectivity index (χ0) is 18.9. The Morgan fingerprint density at radius 3 is 2.38 bits per heavy atom. The number of carbonyl (C=O) groups excluding carboxylic acids is 2. The summed E-state index contributed by atoms with van der Waals surface area (Å²) in [6.07, 6.45) is 0.663. The summed E-state index contributed by atoms with van der Waals surface area (Å²) in [6.45, 7) is 1.64. The molecular formula is C19H19Cl2NO4. The van der Waals surface area contributed by atoms with Crippen LogP contribution in [0, 0.1) is 6.92 Å². The van der Waals surface area contributed by atoms with Crippen LogP contribution in [0.5, 0.6) is 5.75 Å². The van der Waals surface area contributed by atoms with E-state index in [0.717, 1.165) is 11.1 Å². The maximum absolute atomic E-state index is 11.7. The predicted molar refractivity (Wildman–Crippen MR) is 101 cm³/mol. The lowest BCUT2D eigenvalue weighted by Gasteiger charge is -2.10. The highest BCUT2D eigenvalue weighted by Gasteiger charge is 2.09. The lowest BCUT2D eigenvalue weighted by atomic mass is 10.1. The molecule has 0 spiro atoms. The number of aryl methyl sites for hydroxylation is 1. The van der Waals surface area contributed by atoms with Gasteiger partial charge in [0.1, 0.15) is 5.75 Å². The number of hydrogen-bond donors (Lipinski definition) is 1. The van der Waals surface area contributed by atoms with E-state index in [1.165, 1.54) is 0 Å². The SMILES string of the molecule is Cc1cc(Cl)ccc1OCC(=O)OCC(=O)NCCc1ccc(Cl)cc1. The van der Waals surface area contributed by atoms with E-state index in [2.05, 4.69) is 5.32 Å². The molecule has 7 heteroatoms. The second-order valence-electron chi connectivity index (χ2n) is 5.59. The highest BCUT2D eigenvalue weighted by molar-refractivity contribution is 6.30. The van der Waals surface area contributed by atoms with Crippen molar-refractivity contribution >= 4 is 35.1 Å². The van der Waals surface area contributed by atoms with E-state index in [1.54, 1.807) is 30.3 Å². The maximum Gasteiger partial charge on any atom is 0.344 e. The molecule has 2 rings (SSSR count). The fraction of sp³-hybridized carbons (Fsp3) is 0.263. The quantitative estimate of drug-likeness (QED) is 0.693. The third kappa shape index (κ3) is 6.94. The fourth-order valence-electron chi connectivity index (χ4n) is 2.15. The molecule has 0 radical (unpaired) electrons. The molecule has 0 saturated carbocycles. The van der Waals surface area contributed by atoms with Crippen molar-refractivity contribution in [2.75, 3.05) is 19.8 Å². The molecule has 0 unspecified atom stereocenters. The molecule has 0 aliphatic rings. The molecule has 5 nitrogen and oxygen atoms in total. The number of amides is 1. The van der Waals surface area contributed by atoms with Crippen molar-refractivity contribution in [2.45, 2.75) is 13.3 Å². The molecule has 26 heavy (non-hydrogen) atoms. The van der Waals surface area contributed by atoms with Crippen LogP contribution in [0.1, 0.15) is 11.1 Å². The summed E-state index contributed by atoms with van der Waals surface area (Å²) in [5, 5.41) is 3.94. The van der Waals surface area contributed by atoms with Crippen LogP contribution in [0.15, 0.2) is 42.5 Å². The van der Waals surface area contributed by atoms with Crippen molar-refractivity contribution in [2.24, 2.45) is 0 Å². The Balaban J connectivity index is 1.63. The molecule has 0 bridgehead atoms. The van der Waals surface area contributed by atoms with Crippen LogP contribution in [0.2, 0.25) is 10.0 Å². The number of ether oxygens (including phenoxy) is 2. The molecular weight excluding hydrogens is 377 g/mol. The molecule has 1 amide bonds. The Kier molecular flexibility index (Phi) is 7.75. The third-order valence-electron chi connectivity index (χ3n) is 3.50. The van der Waals surface area contributed by atoms with Gasteiger partial charge in [0.15, 0.2) is 13.2 Å². The van der Waals surface area contributed by atoms with E-state index in [4.69, 9.17) is 32.7 Å². The summed E-state index contributed by atoms with van der Waals surface area (Å²) in [4.78, 5) is 23.4. The highest BCUT2D eigenvalue weighted by Crippen LogP contribution is 2.21. The van der Waals surface area contributed by atoms with Gasteiger partial charge in [-0.2, -0.15) is 0 Å². The summed E-state index contributed by atoms with van der Waals surface area (Å²) in [6, 6.07) is 12.5. The predicted octanol–water partition coefficient (Wildman–Crippen LogP) is 3.58. The van der Waals surface area contributed by atoms with Gasteiger partial charge in [-0.05, 0) is 54.8 Å². The number of halogens is 2. The van der Waals surface area contributed by atoms with Crippen LogP contribution in [-0.4, -0.2) is 31.6 Å². The molecule has 0 saturated heterocycles. The van der Waals surface area contributed by atoms with Gasteiger partial charge < -0.3 is 14.8 Å². The number of hydrogen-bond acceptors (Lipinski definition) is 4. The lowest BCUT2D eigenvalue weighted by Crippen LogP contribution is -2.31. The standard InChI is InChI=1S/C19H19Cl2NO4/c1-13-10-16(21)6-7-17(13)25-12-19(24)26-11-18(23)22-9-8-14-2-4-15(20)5-3-14/h2-7,10H,8-9,11-12H2,1H3,(H,22,23). The van der Waals surface area contributed by atoms with Crippen molar-refractivity contribution in [1.29, 1.82) is 0 Å². The minimum atomic E-state index is -0.618. The van der Waals surface area contributed by atoms with Crippen molar-refractivity contribution < 1.29 is 19.1 Å². The first-order chi connectivity index (χ1) is 12.4. The van der Waals surface area contributed by atoms with Crippen LogP contribution in [0.3, 0.4) is 0 Å². The third-order valence-corrected chi connectivity index (χ3v) is 3.98. The van der Waals surface area contributed by atoms with Crippen LogP contribution in [0.25, 0.3) is 0 Å². The molecule has 2 aromatic carbocycles. The zero-order valence-electron chi connectivity index (χ0n) is 14.3. The van der Waals surface area contributed by atoms with Gasteiger partial charge in [0, 0.05) is 16.6 Å². The maximum atomic E-state index is 11.7. The van der Waals surface area contributed by atoms with Gasteiger partial charge in [-0.1, -0.05) is 35.3 Å². The topological polar surface area (TPSA) is 64.6 Å². The van der Waals surface area contributed by atoms with Crippen LogP contribution >= 0.6 is 23.2 Å². The average molecular weight is 396 g/mol. The van der Waals surface area contributed by atoms with E-state index in [9.17, 15) is 9.59 Å². The van der Waals surface area contributed by atoms with Crippen LogP contribution in [-0.2, 0) is 20.7 Å². The van der Waals surface area contributed by atoms with Crippen molar-refractivity contribution in [3.05, 3.63) is 63.6 Å². The summed E-state index contributed by atoms with van der Waals surface area (Å²) < 4.78 is 10.2. The van der Waals surface area contributed by atoms with Gasteiger partial charge >= 0.3 is 5.97 Å². The molecule has 0 aliphatic heterocycles. The minimum Gasteiger partial charge on any atom is -0.482 e. The Labute approximate surface area is 162 Å². The Bertz CT molecular complexity index is 763. The van der Waals surface area contributed by atoms with E-state index in [-0.39, 0.29) is 19.1 Å². The second kappa shape index (κ2) is 10.0. The van der Waals surface area contributed by atoms with Gasteiger partial charge in [0.25, 0.3) is 5.91 Å². The van der Waals surface area contributed by atoms with E-state index in [1.807, 2.05) is 19.1 Å². The second-order valence-corrected chi connectivity index (χ2v) is 6.46. The molecule has 2 aromatic rings. The summed E-state index contributed by atoms with van der Waals surface area (Å²) >= 11 is 11.7. The zero-order valence-corrected chi connectivity index (χ0v) is 15.8. The van der Waals surface area contributed by atoms with Crippen molar-refractivity contribution in [3.8, 4) is 5.75 Å². The molecule has 1 N–H and O–H groups in total. The molecule has 0 heterocycles. The number of rotatable bonds is 8. The minimum absolute atomic E-state index is 0.277. The molecule has 0 aliphatic carbocycles. The monoisotopic (exact) mass is 395 g/mol. The van der Waals surface area contributed by atoms with Gasteiger partial charge in [-0.15, -0.1) is 0 Å². The average Bonchev–Trinajstić information content (AvgIpc) is 2.61. The molecule has 0 aromatic heterocycles. The first-order valence-corrected chi connectivity index (χ1v) is 8.75. The molecule has 138 valence electrons. The number of carbonyl (C=O) groups is 2. The van der Waals surface area contributed by atoms with Gasteiger partial charge in [-0.3, -0.25) is 4.79 Å². The Morgan fingerprint density at radius 2 is 1.69 bits per heavy atom. The number of esters is 1. The number of nitrogens with one attached hydrogen (secondary N) is 1. The first-order valence-electron chi connectivity index (χ1n) is 8.00. The molecule has 0 atom stereocenters. The van der Waals surface area contributed by atoms with Crippen molar-refractivity contribution in [3.63, 3.8) is 0 Å². The van der Waals surface area contributed by atoms with Crippen LogP contribution < -0.4 is 10.1 Å². The first kappa shape index (κ1) is 20.1. The fourth-order valence-corrected chi connectivity index (χ4v) is 2.50. The molecule has 0 fully saturated rings. The lowest BCUT2D eigenvalue weighted by molar-refractivity contribution is -0.150. The largest absolute Gasteiger partial charge is 0.482 e. The van der Waals surface area contributed by atoms with E-state index < -0.39 is 5.97 Å². The normalized spacial score (nSPS) is 10.3. The van der Waals surface area contributed by atoms with Gasteiger partial charge in [0.05, 0.1) is 0 Å². The summed E-state index contributed by atoms with van der Waals surface area (Å²) in [5.41, 5.74) is 1.86. The van der Waals surface area contributed by atoms with Crippen molar-refractivity contribution in [1.82, 2.24) is 5.32 Å². The summed E-state index contributed by atoms with van der Waals surface area (Å²) in [5.74, 6) is -0.444. The van der Waals surface area contributed by atoms with E-state index in [0.29, 0.717) is 28.8 Å².